The predicted molar refractivity (Wildman–Crippen MR) is 81.1 cm³/mol. The monoisotopic (exact) mass is 289 g/mol. The van der Waals surface area contributed by atoms with Gasteiger partial charge in [-0.25, -0.2) is 4.39 Å². The molecule has 2 N–H and O–H groups in total. The van der Waals surface area contributed by atoms with Crippen LogP contribution in [-0.4, -0.2) is 12.2 Å². The summed E-state index contributed by atoms with van der Waals surface area (Å²) in [4.78, 5) is 0. The van der Waals surface area contributed by atoms with Gasteiger partial charge in [-0.05, 0) is 26.0 Å². The summed E-state index contributed by atoms with van der Waals surface area (Å²) in [6.45, 7) is 4.41. The second-order valence-corrected chi connectivity index (χ2v) is 5.10. The van der Waals surface area contributed by atoms with Gasteiger partial charge in [-0.3, -0.25) is 0 Å². The highest BCUT2D eigenvalue weighted by molar-refractivity contribution is 5.39. The van der Waals surface area contributed by atoms with Gasteiger partial charge >= 0.3 is 0 Å². The Kier molecular flexibility index (Phi) is 4.81. The fourth-order valence-corrected chi connectivity index (χ4v) is 2.27. The summed E-state index contributed by atoms with van der Waals surface area (Å²) in [6, 6.07) is 10.5. The maximum absolute atomic E-state index is 13.3. The van der Waals surface area contributed by atoms with Crippen LogP contribution < -0.4 is 10.1 Å². The lowest BCUT2D eigenvalue weighted by Gasteiger charge is -2.18. The van der Waals surface area contributed by atoms with E-state index in [1.165, 1.54) is 6.07 Å². The Hall–Kier alpha value is -2.07. The molecule has 0 saturated heterocycles. The van der Waals surface area contributed by atoms with Crippen molar-refractivity contribution in [3.63, 3.8) is 0 Å². The minimum Gasteiger partial charge on any atom is -0.505 e. The number of aromatic hydroxyl groups is 1. The smallest absolute Gasteiger partial charge is 0.165 e. The average molecular weight is 289 g/mol. The molecule has 2 rings (SSSR count). The molecule has 112 valence electrons. The van der Waals surface area contributed by atoms with Gasteiger partial charge in [-0.15, -0.1) is 0 Å². The lowest BCUT2D eigenvalue weighted by Crippen LogP contribution is -2.19. The number of ether oxygens (including phenoxy) is 1. The summed E-state index contributed by atoms with van der Waals surface area (Å²) in [5, 5.41) is 13.0. The number of phenolic OH excluding ortho intramolecular Hbond substituents is 1. The maximum Gasteiger partial charge on any atom is 0.165 e. The summed E-state index contributed by atoms with van der Waals surface area (Å²) >= 11 is 0. The van der Waals surface area contributed by atoms with Crippen LogP contribution in [0.4, 0.5) is 4.39 Å². The normalized spacial score (nSPS) is 12.2. The second-order valence-electron chi connectivity index (χ2n) is 5.10. The Morgan fingerprint density at radius 3 is 2.76 bits per heavy atom. The highest BCUT2D eigenvalue weighted by atomic mass is 19.1. The van der Waals surface area contributed by atoms with Gasteiger partial charge in [0.05, 0.1) is 7.11 Å². The van der Waals surface area contributed by atoms with E-state index in [1.807, 2.05) is 26.0 Å². The van der Waals surface area contributed by atoms with Gasteiger partial charge in [0.25, 0.3) is 0 Å². The first kappa shape index (κ1) is 15.3. The van der Waals surface area contributed by atoms with E-state index < -0.39 is 5.82 Å². The molecule has 0 bridgehead atoms. The van der Waals surface area contributed by atoms with E-state index in [-0.39, 0.29) is 11.8 Å². The topological polar surface area (TPSA) is 41.5 Å². The van der Waals surface area contributed by atoms with Gasteiger partial charge in [0.15, 0.2) is 11.6 Å². The van der Waals surface area contributed by atoms with Crippen molar-refractivity contribution in [2.75, 3.05) is 7.11 Å². The zero-order chi connectivity index (χ0) is 15.4. The van der Waals surface area contributed by atoms with Gasteiger partial charge in [0.2, 0.25) is 0 Å². The zero-order valence-electron chi connectivity index (χ0n) is 12.5. The zero-order valence-corrected chi connectivity index (χ0v) is 12.5. The van der Waals surface area contributed by atoms with E-state index in [2.05, 4.69) is 11.4 Å². The van der Waals surface area contributed by atoms with Crippen molar-refractivity contribution in [1.29, 1.82) is 0 Å². The molecular formula is C17H20FNO2. The fraction of sp³-hybridized carbons (Fsp3) is 0.294. The van der Waals surface area contributed by atoms with Crippen LogP contribution in [0.1, 0.15) is 29.7 Å². The van der Waals surface area contributed by atoms with Crippen LogP contribution >= 0.6 is 0 Å². The number of para-hydroxylation sites is 1. The van der Waals surface area contributed by atoms with E-state index in [0.29, 0.717) is 12.1 Å². The first-order valence-corrected chi connectivity index (χ1v) is 6.87. The summed E-state index contributed by atoms with van der Waals surface area (Å²) < 4.78 is 18.7. The highest BCUT2D eigenvalue weighted by Gasteiger charge is 2.13. The molecule has 0 aliphatic carbocycles. The molecule has 0 heterocycles. The van der Waals surface area contributed by atoms with Gasteiger partial charge in [-0.2, -0.15) is 0 Å². The fourth-order valence-electron chi connectivity index (χ4n) is 2.27. The third kappa shape index (κ3) is 3.52. The van der Waals surface area contributed by atoms with Gasteiger partial charge < -0.3 is 15.2 Å². The molecule has 2 aromatic carbocycles. The first-order chi connectivity index (χ1) is 10.0. The van der Waals surface area contributed by atoms with E-state index in [4.69, 9.17) is 4.74 Å². The predicted octanol–water partition coefficient (Wildman–Crippen LogP) is 3.70. The van der Waals surface area contributed by atoms with Crippen LogP contribution in [0.5, 0.6) is 11.5 Å². The molecule has 0 saturated carbocycles. The lowest BCUT2D eigenvalue weighted by molar-refractivity contribution is 0.399. The van der Waals surface area contributed by atoms with Crippen molar-refractivity contribution in [1.82, 2.24) is 5.32 Å². The number of halogens is 1. The van der Waals surface area contributed by atoms with Crippen molar-refractivity contribution < 1.29 is 14.2 Å². The van der Waals surface area contributed by atoms with Crippen LogP contribution in [-0.2, 0) is 6.54 Å². The largest absolute Gasteiger partial charge is 0.505 e. The van der Waals surface area contributed by atoms with Crippen molar-refractivity contribution >= 4 is 0 Å². The summed E-state index contributed by atoms with van der Waals surface area (Å²) in [7, 11) is 1.64. The molecule has 1 atom stereocenters. The van der Waals surface area contributed by atoms with Crippen LogP contribution in [0.3, 0.4) is 0 Å². The molecule has 0 spiro atoms. The Morgan fingerprint density at radius 2 is 2.05 bits per heavy atom. The third-order valence-corrected chi connectivity index (χ3v) is 3.52. The molecule has 0 aliphatic rings. The van der Waals surface area contributed by atoms with E-state index in [9.17, 15) is 9.50 Å². The summed E-state index contributed by atoms with van der Waals surface area (Å²) in [6.07, 6.45) is 0. The van der Waals surface area contributed by atoms with E-state index in [1.54, 1.807) is 19.2 Å². The Morgan fingerprint density at radius 1 is 1.29 bits per heavy atom. The molecule has 3 nitrogen and oxygen atoms in total. The van der Waals surface area contributed by atoms with Crippen LogP contribution in [0.2, 0.25) is 0 Å². The number of hydrogen-bond donors (Lipinski definition) is 2. The first-order valence-electron chi connectivity index (χ1n) is 6.87. The number of hydrogen-bond acceptors (Lipinski definition) is 3. The second kappa shape index (κ2) is 6.59. The summed E-state index contributed by atoms with van der Waals surface area (Å²) in [5.74, 6) is -0.0902. The Labute approximate surface area is 124 Å². The SMILES string of the molecule is COc1ccc(C)cc1C(C)NCc1cccc(F)c1O. The molecule has 0 aromatic heterocycles. The molecule has 1 unspecified atom stereocenters. The number of rotatable bonds is 5. The Bertz CT molecular complexity index is 628. The van der Waals surface area contributed by atoms with E-state index >= 15 is 0 Å². The summed E-state index contributed by atoms with van der Waals surface area (Å²) in [5.41, 5.74) is 2.72. The van der Waals surface area contributed by atoms with Gasteiger partial charge in [-0.1, -0.05) is 29.8 Å². The molecule has 0 amide bonds. The number of aryl methyl sites for hydroxylation is 1. The maximum atomic E-state index is 13.3. The molecule has 0 fully saturated rings. The number of phenols is 1. The molecule has 0 aliphatic heterocycles. The van der Waals surface area contributed by atoms with Gasteiger partial charge in [0, 0.05) is 23.7 Å². The van der Waals surface area contributed by atoms with Crippen molar-refractivity contribution in [3.8, 4) is 11.5 Å². The quantitative estimate of drug-likeness (QED) is 0.882. The minimum absolute atomic E-state index is 0.0162. The van der Waals surface area contributed by atoms with Gasteiger partial charge in [0.1, 0.15) is 5.75 Å². The average Bonchev–Trinajstić information content (AvgIpc) is 2.48. The number of methoxy groups -OCH3 is 1. The van der Waals surface area contributed by atoms with Crippen LogP contribution in [0.25, 0.3) is 0 Å². The van der Waals surface area contributed by atoms with Crippen molar-refractivity contribution in [2.24, 2.45) is 0 Å². The van der Waals surface area contributed by atoms with Crippen molar-refractivity contribution in [2.45, 2.75) is 26.4 Å². The lowest BCUT2D eigenvalue weighted by atomic mass is 10.0. The molecule has 4 heteroatoms. The number of nitrogens with one attached hydrogen (secondary N) is 1. The van der Waals surface area contributed by atoms with Crippen LogP contribution in [0.15, 0.2) is 36.4 Å². The van der Waals surface area contributed by atoms with Crippen molar-refractivity contribution in [3.05, 3.63) is 58.9 Å². The minimum atomic E-state index is -0.602. The molecule has 2 aromatic rings. The molecular weight excluding hydrogens is 269 g/mol. The Balaban J connectivity index is 2.13. The molecule has 21 heavy (non-hydrogen) atoms. The third-order valence-electron chi connectivity index (χ3n) is 3.52. The standard InChI is InChI=1S/C17H20FNO2/c1-11-7-8-16(21-3)14(9-11)12(2)19-10-13-5-4-6-15(18)17(13)20/h4-9,12,19-20H,10H2,1-3H3. The van der Waals surface area contributed by atoms with Crippen LogP contribution in [0, 0.1) is 12.7 Å². The van der Waals surface area contributed by atoms with E-state index in [0.717, 1.165) is 16.9 Å². The number of benzene rings is 2. The molecule has 0 radical (unpaired) electrons. The highest BCUT2D eigenvalue weighted by Crippen LogP contribution is 2.27.